The predicted octanol–water partition coefficient (Wildman–Crippen LogP) is 4.27. The second kappa shape index (κ2) is 4.33. The van der Waals surface area contributed by atoms with Crippen LogP contribution in [0, 0.1) is 0 Å². The molecule has 0 atom stereocenters. The van der Waals surface area contributed by atoms with Crippen LogP contribution in [0.2, 0.25) is 0 Å². The van der Waals surface area contributed by atoms with Gasteiger partial charge in [0.1, 0.15) is 0 Å². The molecule has 0 aromatic carbocycles. The largest absolute Gasteiger partial charge is 0.254 e. The Labute approximate surface area is 127 Å². The van der Waals surface area contributed by atoms with Gasteiger partial charge in [0, 0.05) is 0 Å². The number of fused-ring (bicyclic) bond motifs is 3. The summed E-state index contributed by atoms with van der Waals surface area (Å²) in [5.41, 5.74) is 5.63. The molecule has 21 heavy (non-hydrogen) atoms. The van der Waals surface area contributed by atoms with Crippen LogP contribution in [-0.4, -0.2) is 4.40 Å². The highest BCUT2D eigenvalue weighted by Crippen LogP contribution is 2.26. The minimum atomic E-state index is 0.171. The third kappa shape index (κ3) is 2.44. The van der Waals surface area contributed by atoms with Gasteiger partial charge in [0.15, 0.2) is 11.0 Å². The molecule has 110 valence electrons. The fraction of sp³-hybridized carbons (Fsp3) is 0.421. The molecule has 0 aliphatic heterocycles. The highest BCUT2D eigenvalue weighted by Gasteiger charge is 2.20. The van der Waals surface area contributed by atoms with Crippen molar-refractivity contribution >= 4 is 11.0 Å². The molecule has 0 unspecified atom stereocenters. The van der Waals surface area contributed by atoms with E-state index in [2.05, 4.69) is 93.3 Å². The molecule has 3 aromatic heterocycles. The van der Waals surface area contributed by atoms with Crippen molar-refractivity contribution < 1.29 is 4.40 Å². The van der Waals surface area contributed by atoms with E-state index in [9.17, 15) is 0 Å². The fourth-order valence-corrected chi connectivity index (χ4v) is 2.70. The zero-order valence-corrected chi connectivity index (χ0v) is 13.9. The molecule has 3 rings (SSSR count). The van der Waals surface area contributed by atoms with Crippen LogP contribution in [0.5, 0.6) is 0 Å². The molecule has 3 aromatic rings. The SMILES string of the molecule is CC(C)(C)c1ccn2c[n+]3ccc(C(C)(C)C)cc3c2c1. The van der Waals surface area contributed by atoms with Crippen LogP contribution in [0.25, 0.3) is 11.0 Å². The van der Waals surface area contributed by atoms with E-state index in [0.717, 1.165) is 0 Å². The number of hydrogen-bond donors (Lipinski definition) is 0. The molecular weight excluding hydrogens is 256 g/mol. The average molecular weight is 281 g/mol. The number of rotatable bonds is 0. The van der Waals surface area contributed by atoms with Crippen molar-refractivity contribution in [2.24, 2.45) is 0 Å². The zero-order valence-electron chi connectivity index (χ0n) is 13.9. The van der Waals surface area contributed by atoms with Crippen LogP contribution in [0.1, 0.15) is 52.7 Å². The van der Waals surface area contributed by atoms with Crippen molar-refractivity contribution in [3.63, 3.8) is 0 Å². The maximum Gasteiger partial charge on any atom is 0.254 e. The van der Waals surface area contributed by atoms with E-state index in [-0.39, 0.29) is 10.8 Å². The van der Waals surface area contributed by atoms with Gasteiger partial charge in [-0.2, -0.15) is 0 Å². The lowest BCUT2D eigenvalue weighted by molar-refractivity contribution is -0.511. The molecule has 0 fully saturated rings. The molecule has 0 spiro atoms. The summed E-state index contributed by atoms with van der Waals surface area (Å²) in [4.78, 5) is 0. The second-order valence-electron chi connectivity index (χ2n) is 8.03. The topological polar surface area (TPSA) is 8.51 Å². The van der Waals surface area contributed by atoms with Gasteiger partial charge in [-0.15, -0.1) is 0 Å². The Balaban J connectivity index is 2.31. The lowest BCUT2D eigenvalue weighted by atomic mass is 9.86. The van der Waals surface area contributed by atoms with E-state index < -0.39 is 0 Å². The maximum absolute atomic E-state index is 2.32. The van der Waals surface area contributed by atoms with Gasteiger partial charge >= 0.3 is 0 Å². The summed E-state index contributed by atoms with van der Waals surface area (Å²) in [7, 11) is 0. The highest BCUT2D eigenvalue weighted by molar-refractivity contribution is 5.73. The normalized spacial score (nSPS) is 13.2. The number of imidazole rings is 1. The Morgan fingerprint density at radius 2 is 1.48 bits per heavy atom. The maximum atomic E-state index is 2.32. The molecule has 0 bridgehead atoms. The zero-order chi connectivity index (χ0) is 15.4. The van der Waals surface area contributed by atoms with Crippen LogP contribution in [0.4, 0.5) is 0 Å². The van der Waals surface area contributed by atoms with Crippen LogP contribution < -0.4 is 4.40 Å². The van der Waals surface area contributed by atoms with Crippen molar-refractivity contribution in [1.82, 2.24) is 4.40 Å². The lowest BCUT2D eigenvalue weighted by Crippen LogP contribution is -2.20. The van der Waals surface area contributed by atoms with Crippen molar-refractivity contribution in [3.05, 3.63) is 54.1 Å². The molecule has 0 N–H and O–H groups in total. The molecule has 0 saturated heterocycles. The lowest BCUT2D eigenvalue weighted by Gasteiger charge is -2.18. The first-order valence-electron chi connectivity index (χ1n) is 7.63. The van der Waals surface area contributed by atoms with Crippen molar-refractivity contribution in [1.29, 1.82) is 0 Å². The first-order chi connectivity index (χ1) is 9.66. The second-order valence-corrected chi connectivity index (χ2v) is 8.03. The summed E-state index contributed by atoms with van der Waals surface area (Å²) in [6.45, 7) is 13.6. The van der Waals surface area contributed by atoms with Crippen molar-refractivity contribution in [2.75, 3.05) is 0 Å². The molecule has 0 radical (unpaired) electrons. The number of nitrogens with zero attached hydrogens (tertiary/aromatic N) is 2. The predicted molar refractivity (Wildman–Crippen MR) is 88.0 cm³/mol. The van der Waals surface area contributed by atoms with Crippen molar-refractivity contribution in [3.8, 4) is 0 Å². The van der Waals surface area contributed by atoms with Gasteiger partial charge in [-0.3, -0.25) is 0 Å². The Morgan fingerprint density at radius 1 is 0.857 bits per heavy atom. The van der Waals surface area contributed by atoms with E-state index >= 15 is 0 Å². The van der Waals surface area contributed by atoms with E-state index in [4.69, 9.17) is 0 Å². The summed E-state index contributed by atoms with van der Waals surface area (Å²) in [6, 6.07) is 9.08. The molecule has 0 aliphatic rings. The number of hydrogen-bond acceptors (Lipinski definition) is 0. The fourth-order valence-electron chi connectivity index (χ4n) is 2.70. The Morgan fingerprint density at radius 3 is 2.10 bits per heavy atom. The van der Waals surface area contributed by atoms with Gasteiger partial charge < -0.3 is 0 Å². The van der Waals surface area contributed by atoms with E-state index in [1.54, 1.807) is 0 Å². The Bertz CT molecular complexity index is 743. The Hall–Kier alpha value is -1.83. The van der Waals surface area contributed by atoms with Gasteiger partial charge in [-0.1, -0.05) is 41.5 Å². The molecule has 0 amide bonds. The first kappa shape index (κ1) is 14.1. The number of pyridine rings is 2. The number of aromatic nitrogens is 2. The summed E-state index contributed by atoms with van der Waals surface area (Å²) in [5, 5.41) is 0. The van der Waals surface area contributed by atoms with Crippen LogP contribution in [0.15, 0.2) is 43.0 Å². The third-order valence-corrected chi connectivity index (χ3v) is 4.21. The summed E-state index contributed by atoms with van der Waals surface area (Å²) >= 11 is 0. The standard InChI is InChI=1S/C19H25N2/c1-18(2,3)14-7-9-20-13-21-10-8-15(19(4,5)6)12-17(21)16(20)11-14/h7-13H,1-6H3/q+1. The molecule has 0 saturated carbocycles. The monoisotopic (exact) mass is 281 g/mol. The van der Waals surface area contributed by atoms with Gasteiger partial charge in [-0.05, 0) is 46.2 Å². The highest BCUT2D eigenvalue weighted by atomic mass is 15.0. The van der Waals surface area contributed by atoms with E-state index in [0.29, 0.717) is 0 Å². The van der Waals surface area contributed by atoms with Crippen LogP contribution in [0.3, 0.4) is 0 Å². The van der Waals surface area contributed by atoms with Crippen LogP contribution >= 0.6 is 0 Å². The van der Waals surface area contributed by atoms with Gasteiger partial charge in [0.25, 0.3) is 6.33 Å². The molecule has 0 aliphatic carbocycles. The summed E-state index contributed by atoms with van der Waals surface area (Å²) in [5.74, 6) is 0. The summed E-state index contributed by atoms with van der Waals surface area (Å²) in [6.07, 6.45) is 6.48. The van der Waals surface area contributed by atoms with E-state index in [1.165, 1.54) is 22.2 Å². The molecule has 3 heterocycles. The average Bonchev–Trinajstić information content (AvgIpc) is 2.73. The van der Waals surface area contributed by atoms with Gasteiger partial charge in [0.05, 0.1) is 12.4 Å². The minimum absolute atomic E-state index is 0.171. The van der Waals surface area contributed by atoms with Crippen LogP contribution in [-0.2, 0) is 10.8 Å². The summed E-state index contributed by atoms with van der Waals surface area (Å²) < 4.78 is 4.41. The molecular formula is C19H25N2+. The van der Waals surface area contributed by atoms with Crippen molar-refractivity contribution in [2.45, 2.75) is 52.4 Å². The minimum Gasteiger partial charge on any atom is -0.201 e. The smallest absolute Gasteiger partial charge is 0.201 e. The van der Waals surface area contributed by atoms with Gasteiger partial charge in [-0.25, -0.2) is 8.80 Å². The van der Waals surface area contributed by atoms with Gasteiger partial charge in [0.2, 0.25) is 0 Å². The third-order valence-electron chi connectivity index (χ3n) is 4.21. The molecule has 2 heteroatoms. The molecule has 2 nitrogen and oxygen atoms in total. The first-order valence-corrected chi connectivity index (χ1v) is 7.63. The quantitative estimate of drug-likeness (QED) is 0.544. The van der Waals surface area contributed by atoms with E-state index in [1.807, 2.05) is 0 Å². The Kier molecular flexibility index (Phi) is 2.91.